The molecule has 2 N–H and O–H groups in total. The number of halogens is 1. The Morgan fingerprint density at radius 3 is 2.32 bits per heavy atom. The minimum Gasteiger partial charge on any atom is -0.459 e. The van der Waals surface area contributed by atoms with Crippen molar-refractivity contribution in [3.63, 3.8) is 0 Å². The number of hydrazine groups is 1. The van der Waals surface area contributed by atoms with Crippen LogP contribution in [0.15, 0.2) is 52.0 Å². The molecule has 2 amide bonds. The molecule has 0 atom stereocenters. The number of sulfonamides is 1. The molecule has 11 heteroatoms. The third-order valence-corrected chi connectivity index (χ3v) is 6.12. The Morgan fingerprint density at radius 2 is 1.71 bits per heavy atom. The summed E-state index contributed by atoms with van der Waals surface area (Å²) < 4.78 is 44.3. The van der Waals surface area contributed by atoms with Gasteiger partial charge in [0.05, 0.1) is 17.7 Å². The predicted molar refractivity (Wildman–Crippen MR) is 95.9 cm³/mol. The van der Waals surface area contributed by atoms with Crippen LogP contribution in [0, 0.1) is 5.82 Å². The third-order valence-electron chi connectivity index (χ3n) is 4.21. The first-order valence-electron chi connectivity index (χ1n) is 8.47. The van der Waals surface area contributed by atoms with Gasteiger partial charge in [0.2, 0.25) is 10.0 Å². The van der Waals surface area contributed by atoms with Crippen molar-refractivity contribution in [1.82, 2.24) is 20.1 Å². The molecule has 150 valence electrons. The maximum Gasteiger partial charge on any atom is 0.305 e. The number of nitrogens with zero attached hydrogens (tertiary/aromatic N) is 2. The maximum atomic E-state index is 13.0. The van der Waals surface area contributed by atoms with Crippen LogP contribution in [0.25, 0.3) is 0 Å². The van der Waals surface area contributed by atoms with Crippen LogP contribution < -0.4 is 10.9 Å². The first-order chi connectivity index (χ1) is 13.4. The van der Waals surface area contributed by atoms with Crippen LogP contribution in [-0.2, 0) is 14.8 Å². The van der Waals surface area contributed by atoms with Gasteiger partial charge < -0.3 is 4.42 Å². The average molecular weight is 410 g/mol. The largest absolute Gasteiger partial charge is 0.459 e. The zero-order valence-corrected chi connectivity index (χ0v) is 15.6. The quantitative estimate of drug-likeness (QED) is 0.681. The first kappa shape index (κ1) is 20.0. The van der Waals surface area contributed by atoms with Crippen LogP contribution in [0.2, 0.25) is 0 Å². The van der Waals surface area contributed by atoms with E-state index in [0.717, 1.165) is 12.1 Å². The zero-order chi connectivity index (χ0) is 20.1. The number of nitrogens with one attached hydrogen (secondary N) is 2. The van der Waals surface area contributed by atoms with E-state index in [9.17, 15) is 22.4 Å². The summed E-state index contributed by atoms with van der Waals surface area (Å²) >= 11 is 0. The molecule has 1 aliphatic rings. The lowest BCUT2D eigenvalue weighted by atomic mass is 10.3. The highest BCUT2D eigenvalue weighted by Gasteiger charge is 2.29. The molecule has 28 heavy (non-hydrogen) atoms. The van der Waals surface area contributed by atoms with Crippen molar-refractivity contribution in [3.8, 4) is 0 Å². The van der Waals surface area contributed by atoms with Crippen LogP contribution in [-0.4, -0.2) is 62.2 Å². The number of furan rings is 1. The van der Waals surface area contributed by atoms with Crippen LogP contribution in [0.5, 0.6) is 0 Å². The van der Waals surface area contributed by atoms with Crippen molar-refractivity contribution < 1.29 is 26.8 Å². The van der Waals surface area contributed by atoms with Crippen LogP contribution in [0.1, 0.15) is 10.6 Å². The molecule has 1 fully saturated rings. The van der Waals surface area contributed by atoms with Crippen molar-refractivity contribution in [3.05, 3.63) is 54.2 Å². The van der Waals surface area contributed by atoms with E-state index in [0.29, 0.717) is 13.1 Å². The molecule has 0 bridgehead atoms. The Morgan fingerprint density at radius 1 is 1.04 bits per heavy atom. The highest BCUT2D eigenvalue weighted by Crippen LogP contribution is 2.17. The monoisotopic (exact) mass is 410 g/mol. The van der Waals surface area contributed by atoms with Gasteiger partial charge in [-0.3, -0.25) is 25.3 Å². The number of hydrogen-bond donors (Lipinski definition) is 2. The van der Waals surface area contributed by atoms with Gasteiger partial charge in [-0.15, -0.1) is 0 Å². The summed E-state index contributed by atoms with van der Waals surface area (Å²) in [4.78, 5) is 25.4. The van der Waals surface area contributed by atoms with Gasteiger partial charge in [0.15, 0.2) is 5.76 Å². The minimum atomic E-state index is -3.71. The topological polar surface area (TPSA) is 112 Å². The normalized spacial score (nSPS) is 15.9. The number of hydrogen-bond acceptors (Lipinski definition) is 6. The molecule has 2 heterocycles. The van der Waals surface area contributed by atoms with Gasteiger partial charge in [-0.2, -0.15) is 4.31 Å². The molecule has 0 radical (unpaired) electrons. The van der Waals surface area contributed by atoms with Gasteiger partial charge >= 0.3 is 5.91 Å². The Hall–Kier alpha value is -2.76. The van der Waals surface area contributed by atoms with E-state index in [2.05, 4.69) is 10.9 Å². The maximum absolute atomic E-state index is 13.0. The van der Waals surface area contributed by atoms with E-state index < -0.39 is 27.7 Å². The fourth-order valence-electron chi connectivity index (χ4n) is 2.72. The number of carbonyl (C=O) groups excluding carboxylic acids is 2. The molecule has 0 aliphatic carbocycles. The lowest BCUT2D eigenvalue weighted by Crippen LogP contribution is -2.52. The summed E-state index contributed by atoms with van der Waals surface area (Å²) in [5.41, 5.74) is 4.52. The van der Waals surface area contributed by atoms with Crippen LogP contribution in [0.3, 0.4) is 0 Å². The molecule has 1 saturated heterocycles. The Balaban J connectivity index is 1.46. The number of amides is 2. The van der Waals surface area contributed by atoms with E-state index in [1.165, 1.54) is 28.8 Å². The second kappa shape index (κ2) is 8.50. The van der Waals surface area contributed by atoms with Crippen molar-refractivity contribution in [2.24, 2.45) is 0 Å². The lowest BCUT2D eigenvalue weighted by Gasteiger charge is -2.33. The van der Waals surface area contributed by atoms with Crippen molar-refractivity contribution in [2.75, 3.05) is 32.7 Å². The highest BCUT2D eigenvalue weighted by atomic mass is 32.2. The van der Waals surface area contributed by atoms with Gasteiger partial charge in [-0.05, 0) is 36.4 Å². The second-order valence-corrected chi connectivity index (χ2v) is 8.05. The Labute approximate surface area is 161 Å². The molecule has 1 aliphatic heterocycles. The fraction of sp³-hybridized carbons (Fsp3) is 0.294. The van der Waals surface area contributed by atoms with Gasteiger partial charge in [0, 0.05) is 26.2 Å². The average Bonchev–Trinajstić information content (AvgIpc) is 3.22. The molecule has 0 unspecified atom stereocenters. The number of benzene rings is 1. The van der Waals surface area contributed by atoms with Crippen molar-refractivity contribution in [2.45, 2.75) is 4.90 Å². The number of carbonyl (C=O) groups is 2. The molecule has 2 aromatic rings. The van der Waals surface area contributed by atoms with Crippen LogP contribution in [0.4, 0.5) is 4.39 Å². The SMILES string of the molecule is O=C(CN1CCN(S(=O)(=O)c2ccc(F)cc2)CC1)NNC(=O)c1ccco1. The standard InChI is InChI=1S/C17H19FN4O5S/c18-13-3-5-14(6-4-13)28(25,26)22-9-7-21(8-10-22)12-16(23)19-20-17(24)15-2-1-11-27-15/h1-6,11H,7-10,12H2,(H,19,23)(H,20,24). The summed E-state index contributed by atoms with van der Waals surface area (Å²) in [5.74, 6) is -1.45. The Bertz CT molecular complexity index is 923. The molecular formula is C17H19FN4O5S. The molecule has 3 rings (SSSR count). The second-order valence-electron chi connectivity index (χ2n) is 6.11. The minimum absolute atomic E-state index is 0.00285. The zero-order valence-electron chi connectivity index (χ0n) is 14.8. The van der Waals surface area contributed by atoms with E-state index >= 15 is 0 Å². The van der Waals surface area contributed by atoms with Crippen molar-refractivity contribution >= 4 is 21.8 Å². The van der Waals surface area contributed by atoms with Gasteiger partial charge in [-0.25, -0.2) is 12.8 Å². The summed E-state index contributed by atoms with van der Waals surface area (Å²) in [7, 11) is -3.71. The third kappa shape index (κ3) is 4.74. The van der Waals surface area contributed by atoms with E-state index in [1.54, 1.807) is 11.0 Å². The van der Waals surface area contributed by atoms with E-state index in [4.69, 9.17) is 4.42 Å². The first-order valence-corrected chi connectivity index (χ1v) is 9.91. The number of rotatable bonds is 5. The molecule has 0 saturated carbocycles. The number of piperazine rings is 1. The predicted octanol–water partition coefficient (Wildman–Crippen LogP) is 0.186. The molecule has 1 aromatic heterocycles. The smallest absolute Gasteiger partial charge is 0.305 e. The van der Waals surface area contributed by atoms with Gasteiger partial charge in [0.1, 0.15) is 5.82 Å². The van der Waals surface area contributed by atoms with Crippen LogP contribution >= 0.6 is 0 Å². The van der Waals surface area contributed by atoms with E-state index in [1.807, 2.05) is 0 Å². The summed E-state index contributed by atoms with van der Waals surface area (Å²) in [6.45, 7) is 1.10. The Kier molecular flexibility index (Phi) is 6.07. The molecular weight excluding hydrogens is 391 g/mol. The molecule has 9 nitrogen and oxygen atoms in total. The van der Waals surface area contributed by atoms with Crippen molar-refractivity contribution in [1.29, 1.82) is 0 Å². The summed E-state index contributed by atoms with van der Waals surface area (Å²) in [6, 6.07) is 7.67. The summed E-state index contributed by atoms with van der Waals surface area (Å²) in [6.07, 6.45) is 1.34. The lowest BCUT2D eigenvalue weighted by molar-refractivity contribution is -0.123. The van der Waals surface area contributed by atoms with Gasteiger partial charge in [0.25, 0.3) is 5.91 Å². The fourth-order valence-corrected chi connectivity index (χ4v) is 4.14. The highest BCUT2D eigenvalue weighted by molar-refractivity contribution is 7.89. The molecule has 0 spiro atoms. The van der Waals surface area contributed by atoms with Gasteiger partial charge in [-0.1, -0.05) is 0 Å². The van der Waals surface area contributed by atoms with E-state index in [-0.39, 0.29) is 30.3 Å². The summed E-state index contributed by atoms with van der Waals surface area (Å²) in [5, 5.41) is 0. The molecule has 1 aromatic carbocycles.